The lowest BCUT2D eigenvalue weighted by molar-refractivity contribution is 0.0926. The molecule has 1 fully saturated rings. The van der Waals surface area contributed by atoms with Crippen LogP contribution in [0.3, 0.4) is 0 Å². The minimum Gasteiger partial charge on any atom is -0.455 e. The van der Waals surface area contributed by atoms with Gasteiger partial charge in [0.05, 0.1) is 0 Å². The van der Waals surface area contributed by atoms with Crippen LogP contribution in [0.25, 0.3) is 0 Å². The van der Waals surface area contributed by atoms with Gasteiger partial charge in [-0.05, 0) is 19.8 Å². The number of amides is 1. The molecule has 2 heterocycles. The van der Waals surface area contributed by atoms with E-state index in [1.165, 1.54) is 10.4 Å². The van der Waals surface area contributed by atoms with Gasteiger partial charge in [0.1, 0.15) is 10.7 Å². The summed E-state index contributed by atoms with van der Waals surface area (Å²) < 4.78 is 31.5. The SMILES string of the molecule is Cc1oc(C(=O)NCCN)cc1S(=O)(=O)N1CCCC1. The summed E-state index contributed by atoms with van der Waals surface area (Å²) in [7, 11) is -3.57. The van der Waals surface area contributed by atoms with Crippen LogP contribution in [0.4, 0.5) is 0 Å². The molecule has 8 heteroatoms. The fraction of sp³-hybridized carbons (Fsp3) is 0.583. The van der Waals surface area contributed by atoms with Crippen molar-refractivity contribution >= 4 is 15.9 Å². The molecule has 0 unspecified atom stereocenters. The van der Waals surface area contributed by atoms with Gasteiger partial charge >= 0.3 is 0 Å². The van der Waals surface area contributed by atoms with E-state index in [1.54, 1.807) is 6.92 Å². The van der Waals surface area contributed by atoms with Gasteiger partial charge in [-0.3, -0.25) is 4.79 Å². The van der Waals surface area contributed by atoms with E-state index >= 15 is 0 Å². The van der Waals surface area contributed by atoms with Crippen molar-refractivity contribution in [1.29, 1.82) is 0 Å². The van der Waals surface area contributed by atoms with Crippen LogP contribution in [0.5, 0.6) is 0 Å². The number of sulfonamides is 1. The molecule has 1 aliphatic rings. The second kappa shape index (κ2) is 5.94. The number of furan rings is 1. The van der Waals surface area contributed by atoms with Crippen LogP contribution in [0.1, 0.15) is 29.2 Å². The lowest BCUT2D eigenvalue weighted by Gasteiger charge is -2.14. The highest BCUT2D eigenvalue weighted by Gasteiger charge is 2.31. The molecule has 1 aromatic rings. The Bertz CT molecular complexity index is 588. The average Bonchev–Trinajstić information content (AvgIpc) is 3.05. The van der Waals surface area contributed by atoms with Crippen molar-refractivity contribution in [2.24, 2.45) is 5.73 Å². The number of hydrogen-bond acceptors (Lipinski definition) is 5. The maximum absolute atomic E-state index is 12.4. The second-order valence-electron chi connectivity index (χ2n) is 4.69. The van der Waals surface area contributed by atoms with Crippen LogP contribution in [-0.2, 0) is 10.0 Å². The first-order valence-corrected chi connectivity index (χ1v) is 7.99. The molecule has 2 rings (SSSR count). The van der Waals surface area contributed by atoms with Gasteiger partial charge in [0.15, 0.2) is 5.76 Å². The van der Waals surface area contributed by atoms with Crippen molar-refractivity contribution in [2.45, 2.75) is 24.7 Å². The van der Waals surface area contributed by atoms with Crippen molar-refractivity contribution in [3.05, 3.63) is 17.6 Å². The molecule has 7 nitrogen and oxygen atoms in total. The number of rotatable bonds is 5. The molecule has 1 amide bonds. The molecule has 0 bridgehead atoms. The monoisotopic (exact) mass is 301 g/mol. The van der Waals surface area contributed by atoms with Crippen LogP contribution in [0.2, 0.25) is 0 Å². The summed E-state index contributed by atoms with van der Waals surface area (Å²) in [6.45, 7) is 3.20. The van der Waals surface area contributed by atoms with E-state index in [0.717, 1.165) is 12.8 Å². The summed E-state index contributed by atoms with van der Waals surface area (Å²) in [6.07, 6.45) is 1.72. The highest BCUT2D eigenvalue weighted by atomic mass is 32.2. The summed E-state index contributed by atoms with van der Waals surface area (Å²) in [5.74, 6) is -0.232. The first-order valence-electron chi connectivity index (χ1n) is 6.55. The van der Waals surface area contributed by atoms with E-state index in [1.807, 2.05) is 0 Å². The van der Waals surface area contributed by atoms with Gasteiger partial charge in [0, 0.05) is 32.2 Å². The zero-order valence-electron chi connectivity index (χ0n) is 11.4. The van der Waals surface area contributed by atoms with E-state index < -0.39 is 15.9 Å². The largest absolute Gasteiger partial charge is 0.455 e. The minimum absolute atomic E-state index is 0.00581. The molecule has 0 atom stereocenters. The van der Waals surface area contributed by atoms with Gasteiger partial charge in [-0.2, -0.15) is 4.31 Å². The Hall–Kier alpha value is -1.38. The third-order valence-corrected chi connectivity index (χ3v) is 5.21. The predicted molar refractivity (Wildman–Crippen MR) is 72.8 cm³/mol. The van der Waals surface area contributed by atoms with E-state index in [2.05, 4.69) is 5.32 Å². The van der Waals surface area contributed by atoms with Crippen LogP contribution >= 0.6 is 0 Å². The topological polar surface area (TPSA) is 106 Å². The van der Waals surface area contributed by atoms with Crippen molar-refractivity contribution in [2.75, 3.05) is 26.2 Å². The van der Waals surface area contributed by atoms with E-state index in [0.29, 0.717) is 26.2 Å². The number of hydrogen-bond donors (Lipinski definition) is 2. The van der Waals surface area contributed by atoms with Crippen LogP contribution in [-0.4, -0.2) is 44.8 Å². The maximum Gasteiger partial charge on any atom is 0.287 e. The molecule has 1 saturated heterocycles. The van der Waals surface area contributed by atoms with Crippen molar-refractivity contribution < 1.29 is 17.6 Å². The highest BCUT2D eigenvalue weighted by Crippen LogP contribution is 2.26. The zero-order chi connectivity index (χ0) is 14.8. The van der Waals surface area contributed by atoms with Gasteiger partial charge < -0.3 is 15.5 Å². The number of carbonyl (C=O) groups excluding carboxylic acids is 1. The van der Waals surface area contributed by atoms with E-state index in [4.69, 9.17) is 10.2 Å². The third kappa shape index (κ3) is 2.87. The summed E-state index contributed by atoms with van der Waals surface area (Å²) in [5, 5.41) is 2.54. The average molecular weight is 301 g/mol. The first-order chi connectivity index (χ1) is 9.46. The van der Waals surface area contributed by atoms with Crippen LogP contribution in [0, 0.1) is 6.92 Å². The van der Waals surface area contributed by atoms with E-state index in [-0.39, 0.29) is 16.4 Å². The van der Waals surface area contributed by atoms with Gasteiger partial charge in [-0.25, -0.2) is 8.42 Å². The van der Waals surface area contributed by atoms with Crippen molar-refractivity contribution in [1.82, 2.24) is 9.62 Å². The molecule has 0 saturated carbocycles. The summed E-state index contributed by atoms with van der Waals surface area (Å²) >= 11 is 0. The molecule has 112 valence electrons. The van der Waals surface area contributed by atoms with Crippen LogP contribution in [0.15, 0.2) is 15.4 Å². The van der Waals surface area contributed by atoms with E-state index in [9.17, 15) is 13.2 Å². The van der Waals surface area contributed by atoms with Crippen molar-refractivity contribution in [3.8, 4) is 0 Å². The summed E-state index contributed by atoms with van der Waals surface area (Å²) in [4.78, 5) is 11.8. The standard InChI is InChI=1S/C12H19N3O4S/c1-9-11(20(17,18)15-6-2-3-7-15)8-10(19-9)12(16)14-5-4-13/h8H,2-7,13H2,1H3,(H,14,16). The van der Waals surface area contributed by atoms with Gasteiger partial charge in [-0.15, -0.1) is 0 Å². The predicted octanol–water partition coefficient (Wildman–Crippen LogP) is 0.0610. The lowest BCUT2D eigenvalue weighted by atomic mass is 10.4. The first kappa shape index (κ1) is 15.0. The smallest absolute Gasteiger partial charge is 0.287 e. The normalized spacial score (nSPS) is 16.5. The molecule has 1 aromatic heterocycles. The Kier molecular flexibility index (Phi) is 4.46. The Morgan fingerprint density at radius 2 is 2.10 bits per heavy atom. The lowest BCUT2D eigenvalue weighted by Crippen LogP contribution is -2.29. The molecule has 3 N–H and O–H groups in total. The fourth-order valence-electron chi connectivity index (χ4n) is 2.17. The quantitative estimate of drug-likeness (QED) is 0.800. The molecular weight excluding hydrogens is 282 g/mol. The Labute approximate surface area is 118 Å². The fourth-order valence-corrected chi connectivity index (χ4v) is 3.85. The Morgan fingerprint density at radius 1 is 1.45 bits per heavy atom. The number of carbonyl (C=O) groups is 1. The molecule has 1 aliphatic heterocycles. The molecular formula is C12H19N3O4S. The number of aryl methyl sites for hydroxylation is 1. The molecule has 0 aromatic carbocycles. The number of nitrogens with two attached hydrogens (primary N) is 1. The summed E-state index contributed by atoms with van der Waals surface area (Å²) in [6, 6.07) is 1.29. The van der Waals surface area contributed by atoms with Gasteiger partial charge in [0.2, 0.25) is 10.0 Å². The highest BCUT2D eigenvalue weighted by molar-refractivity contribution is 7.89. The maximum atomic E-state index is 12.4. The minimum atomic E-state index is -3.57. The number of nitrogens with zero attached hydrogens (tertiary/aromatic N) is 1. The second-order valence-corrected chi connectivity index (χ2v) is 6.59. The summed E-state index contributed by atoms with van der Waals surface area (Å²) in [5.41, 5.74) is 5.29. The Morgan fingerprint density at radius 3 is 2.70 bits per heavy atom. The molecule has 20 heavy (non-hydrogen) atoms. The van der Waals surface area contributed by atoms with Crippen molar-refractivity contribution in [3.63, 3.8) is 0 Å². The number of nitrogens with one attached hydrogen (secondary N) is 1. The van der Waals surface area contributed by atoms with Gasteiger partial charge in [-0.1, -0.05) is 0 Å². The zero-order valence-corrected chi connectivity index (χ0v) is 12.2. The molecule has 0 spiro atoms. The molecule has 0 radical (unpaired) electrons. The Balaban J connectivity index is 2.25. The van der Waals surface area contributed by atoms with Crippen LogP contribution < -0.4 is 11.1 Å². The molecule has 0 aliphatic carbocycles. The third-order valence-electron chi connectivity index (χ3n) is 3.21. The van der Waals surface area contributed by atoms with Gasteiger partial charge in [0.25, 0.3) is 5.91 Å².